The predicted molar refractivity (Wildman–Crippen MR) is 117 cm³/mol. The van der Waals surface area contributed by atoms with Crippen LogP contribution in [0.4, 0.5) is 10.1 Å². The smallest absolute Gasteiger partial charge is 0.309 e. The average Bonchev–Trinajstić information content (AvgIpc) is 3.06. The van der Waals surface area contributed by atoms with E-state index in [0.29, 0.717) is 37.2 Å². The molecule has 0 unspecified atom stereocenters. The van der Waals surface area contributed by atoms with Gasteiger partial charge in [0.05, 0.1) is 17.0 Å². The van der Waals surface area contributed by atoms with Gasteiger partial charge in [0.25, 0.3) is 23.6 Å². The molecule has 0 saturated carbocycles. The third-order valence-corrected chi connectivity index (χ3v) is 5.93. The number of likely N-dealkylation sites (tertiary alicyclic amines) is 1. The summed E-state index contributed by atoms with van der Waals surface area (Å²) in [6, 6.07) is 9.65. The Balaban J connectivity index is 1.24. The van der Waals surface area contributed by atoms with Crippen molar-refractivity contribution in [2.24, 2.45) is 5.92 Å². The van der Waals surface area contributed by atoms with Crippen LogP contribution in [-0.2, 0) is 14.3 Å². The monoisotopic (exact) mass is 467 g/mol. The Morgan fingerprint density at radius 3 is 2.32 bits per heavy atom. The molecule has 0 radical (unpaired) electrons. The lowest BCUT2D eigenvalue weighted by molar-refractivity contribution is -0.152. The maximum Gasteiger partial charge on any atom is 0.309 e. The molecule has 1 N–H and O–H groups in total. The van der Waals surface area contributed by atoms with Gasteiger partial charge in [-0.05, 0) is 55.3 Å². The SMILES string of the molecule is CN1C(=O)c2ccc(NC(=O)COC(=O)C3CCN(C(=O)c4ccc(F)cc4)CC3)cc2C1=O. The lowest BCUT2D eigenvalue weighted by Gasteiger charge is -2.31. The van der Waals surface area contributed by atoms with E-state index in [0.717, 1.165) is 4.90 Å². The predicted octanol–water partition coefficient (Wildman–Crippen LogP) is 2.09. The van der Waals surface area contributed by atoms with Crippen LogP contribution in [0.1, 0.15) is 43.9 Å². The highest BCUT2D eigenvalue weighted by Crippen LogP contribution is 2.25. The highest BCUT2D eigenvalue weighted by Gasteiger charge is 2.33. The summed E-state index contributed by atoms with van der Waals surface area (Å²) >= 11 is 0. The molecule has 2 aliphatic rings. The van der Waals surface area contributed by atoms with Crippen molar-refractivity contribution >= 4 is 35.3 Å². The number of ether oxygens (including phenoxy) is 1. The summed E-state index contributed by atoms with van der Waals surface area (Å²) in [7, 11) is 1.38. The van der Waals surface area contributed by atoms with Crippen LogP contribution in [0.5, 0.6) is 0 Å². The van der Waals surface area contributed by atoms with Gasteiger partial charge < -0.3 is 15.0 Å². The number of benzene rings is 2. The number of rotatable bonds is 5. The van der Waals surface area contributed by atoms with Crippen molar-refractivity contribution in [2.45, 2.75) is 12.8 Å². The first-order valence-corrected chi connectivity index (χ1v) is 10.7. The first kappa shape index (κ1) is 23.1. The van der Waals surface area contributed by atoms with Gasteiger partial charge in [-0.3, -0.25) is 28.9 Å². The van der Waals surface area contributed by atoms with Gasteiger partial charge in [-0.2, -0.15) is 0 Å². The van der Waals surface area contributed by atoms with E-state index >= 15 is 0 Å². The third kappa shape index (κ3) is 4.66. The van der Waals surface area contributed by atoms with Crippen molar-refractivity contribution in [1.82, 2.24) is 9.80 Å². The number of carbonyl (C=O) groups excluding carboxylic acids is 5. The number of fused-ring (bicyclic) bond motifs is 1. The summed E-state index contributed by atoms with van der Waals surface area (Å²) in [5, 5.41) is 2.55. The van der Waals surface area contributed by atoms with Gasteiger partial charge in [-0.15, -0.1) is 0 Å². The number of halogens is 1. The first-order valence-electron chi connectivity index (χ1n) is 10.7. The highest BCUT2D eigenvalue weighted by molar-refractivity contribution is 6.21. The van der Waals surface area contributed by atoms with Gasteiger partial charge in [-0.25, -0.2) is 4.39 Å². The zero-order chi connectivity index (χ0) is 24.4. The van der Waals surface area contributed by atoms with Crippen molar-refractivity contribution in [3.05, 3.63) is 65.0 Å². The third-order valence-electron chi connectivity index (χ3n) is 5.93. The maximum atomic E-state index is 13.0. The number of nitrogens with zero attached hydrogens (tertiary/aromatic N) is 2. The molecule has 4 rings (SSSR count). The number of carbonyl (C=O) groups is 5. The molecule has 0 bridgehead atoms. The molecule has 1 saturated heterocycles. The fourth-order valence-corrected chi connectivity index (χ4v) is 3.98. The van der Waals surface area contributed by atoms with Crippen LogP contribution in [0, 0.1) is 11.7 Å². The molecule has 2 aromatic carbocycles. The fourth-order valence-electron chi connectivity index (χ4n) is 3.98. The Morgan fingerprint density at radius 1 is 1.00 bits per heavy atom. The van der Waals surface area contributed by atoms with E-state index in [1.165, 1.54) is 49.5 Å². The number of amides is 4. The summed E-state index contributed by atoms with van der Waals surface area (Å²) in [6.45, 7) is 0.189. The summed E-state index contributed by atoms with van der Waals surface area (Å²) in [4.78, 5) is 63.7. The molecule has 2 aromatic rings. The van der Waals surface area contributed by atoms with Crippen molar-refractivity contribution in [3.63, 3.8) is 0 Å². The van der Waals surface area contributed by atoms with Crippen molar-refractivity contribution < 1.29 is 33.1 Å². The summed E-state index contributed by atoms with van der Waals surface area (Å²) in [5.41, 5.74) is 1.15. The van der Waals surface area contributed by atoms with Gasteiger partial charge in [0.2, 0.25) is 0 Å². The van der Waals surface area contributed by atoms with Crippen molar-refractivity contribution in [1.29, 1.82) is 0 Å². The second kappa shape index (κ2) is 9.42. The van der Waals surface area contributed by atoms with Gasteiger partial charge in [-0.1, -0.05) is 0 Å². The summed E-state index contributed by atoms with van der Waals surface area (Å²) in [6.07, 6.45) is 0.781. The number of esters is 1. The Bertz CT molecular complexity index is 1170. The van der Waals surface area contributed by atoms with Crippen molar-refractivity contribution in [3.8, 4) is 0 Å². The summed E-state index contributed by atoms with van der Waals surface area (Å²) in [5.74, 6) is -3.06. The van der Waals surface area contributed by atoms with Crippen LogP contribution in [0.2, 0.25) is 0 Å². The zero-order valence-corrected chi connectivity index (χ0v) is 18.4. The summed E-state index contributed by atoms with van der Waals surface area (Å²) < 4.78 is 18.2. The van der Waals surface area contributed by atoms with Crippen LogP contribution in [0.3, 0.4) is 0 Å². The average molecular weight is 467 g/mol. The van der Waals surface area contributed by atoms with Gasteiger partial charge in [0.1, 0.15) is 5.82 Å². The Kier molecular flexibility index (Phi) is 6.40. The number of piperidine rings is 1. The van der Waals surface area contributed by atoms with Crippen molar-refractivity contribution in [2.75, 3.05) is 32.1 Å². The minimum absolute atomic E-state index is 0.198. The minimum atomic E-state index is -0.581. The largest absolute Gasteiger partial charge is 0.455 e. The molecule has 0 spiro atoms. The van der Waals surface area contributed by atoms with E-state index in [1.54, 1.807) is 4.90 Å². The molecule has 0 atom stereocenters. The highest BCUT2D eigenvalue weighted by atomic mass is 19.1. The van der Waals surface area contributed by atoms with Crippen LogP contribution >= 0.6 is 0 Å². The molecule has 9 nitrogen and oxygen atoms in total. The number of hydrogen-bond acceptors (Lipinski definition) is 6. The van der Waals surface area contributed by atoms with Gasteiger partial charge in [0.15, 0.2) is 6.61 Å². The molecular formula is C24H22FN3O6. The molecule has 0 aliphatic carbocycles. The second-order valence-electron chi connectivity index (χ2n) is 8.16. The Labute approximate surface area is 194 Å². The van der Waals surface area contributed by atoms with E-state index in [2.05, 4.69) is 5.32 Å². The first-order chi connectivity index (χ1) is 16.2. The van der Waals surface area contributed by atoms with E-state index in [9.17, 15) is 28.4 Å². The topological polar surface area (TPSA) is 113 Å². The lowest BCUT2D eigenvalue weighted by Crippen LogP contribution is -2.41. The van der Waals surface area contributed by atoms with Crippen LogP contribution in [0.25, 0.3) is 0 Å². The molecule has 10 heteroatoms. The van der Waals surface area contributed by atoms with Crippen LogP contribution < -0.4 is 5.32 Å². The standard InChI is InChI=1S/C24H22FN3O6/c1-27-22(31)18-7-6-17(12-19(18)23(27)32)26-20(29)13-34-24(33)15-8-10-28(11-9-15)21(30)14-2-4-16(25)5-3-14/h2-7,12,15H,8-11,13H2,1H3,(H,26,29). The number of imide groups is 1. The maximum absolute atomic E-state index is 13.0. The second-order valence-corrected chi connectivity index (χ2v) is 8.16. The molecule has 34 heavy (non-hydrogen) atoms. The molecule has 0 aromatic heterocycles. The molecule has 2 heterocycles. The molecular weight excluding hydrogens is 445 g/mol. The molecule has 1 fully saturated rings. The van der Waals surface area contributed by atoms with Crippen LogP contribution in [0.15, 0.2) is 42.5 Å². The van der Waals surface area contributed by atoms with E-state index in [4.69, 9.17) is 4.74 Å². The normalized spacial score (nSPS) is 15.8. The fraction of sp³-hybridized carbons (Fsp3) is 0.292. The number of nitrogens with one attached hydrogen (secondary N) is 1. The number of anilines is 1. The van der Waals surface area contributed by atoms with Gasteiger partial charge >= 0.3 is 5.97 Å². The van der Waals surface area contributed by atoms with E-state index in [-0.39, 0.29) is 17.0 Å². The number of hydrogen-bond donors (Lipinski definition) is 1. The zero-order valence-electron chi connectivity index (χ0n) is 18.4. The Hall–Kier alpha value is -4.08. The lowest BCUT2D eigenvalue weighted by atomic mass is 9.96. The van der Waals surface area contributed by atoms with E-state index in [1.807, 2.05) is 0 Å². The minimum Gasteiger partial charge on any atom is -0.455 e. The van der Waals surface area contributed by atoms with Crippen LogP contribution in [-0.4, -0.2) is 66.1 Å². The molecule has 4 amide bonds. The van der Waals surface area contributed by atoms with Gasteiger partial charge in [0, 0.05) is 31.4 Å². The van der Waals surface area contributed by atoms with E-state index < -0.39 is 42.0 Å². The quantitative estimate of drug-likeness (QED) is 0.532. The Morgan fingerprint density at radius 2 is 1.65 bits per heavy atom. The molecule has 2 aliphatic heterocycles. The molecule has 176 valence electrons.